The summed E-state index contributed by atoms with van der Waals surface area (Å²) >= 11 is 6.14. The van der Waals surface area contributed by atoms with Crippen LogP contribution in [0.25, 0.3) is 0 Å². The summed E-state index contributed by atoms with van der Waals surface area (Å²) in [6, 6.07) is 4.10. The van der Waals surface area contributed by atoms with Crippen molar-refractivity contribution >= 4 is 23.5 Å². The van der Waals surface area contributed by atoms with Crippen LogP contribution < -0.4 is 14.8 Å². The van der Waals surface area contributed by atoms with Crippen LogP contribution in [0.5, 0.6) is 11.5 Å². The van der Waals surface area contributed by atoms with E-state index in [1.54, 1.807) is 32.2 Å². The first-order valence-corrected chi connectivity index (χ1v) is 8.10. The van der Waals surface area contributed by atoms with E-state index in [0.29, 0.717) is 22.8 Å². The smallest absolute Gasteiger partial charge is 0.305 e. The summed E-state index contributed by atoms with van der Waals surface area (Å²) in [7, 11) is 4.63. The van der Waals surface area contributed by atoms with Crippen LogP contribution in [0.2, 0.25) is 5.02 Å². The van der Waals surface area contributed by atoms with Crippen LogP contribution in [-0.4, -0.2) is 41.0 Å². The lowest BCUT2D eigenvalue weighted by molar-refractivity contribution is -0.137. The molecular formula is C17H20ClN3O5. The summed E-state index contributed by atoms with van der Waals surface area (Å²) in [6.45, 7) is 1.73. The first-order valence-electron chi connectivity index (χ1n) is 7.72. The maximum absolute atomic E-state index is 12.6. The Kier molecular flexibility index (Phi) is 6.10. The number of halogens is 1. The highest BCUT2D eigenvalue weighted by atomic mass is 35.5. The normalized spacial score (nSPS) is 11.7. The van der Waals surface area contributed by atoms with Gasteiger partial charge in [0.05, 0.1) is 37.4 Å². The highest BCUT2D eigenvalue weighted by Crippen LogP contribution is 2.31. The largest absolute Gasteiger partial charge is 0.497 e. The molecule has 1 amide bonds. The second kappa shape index (κ2) is 8.09. The van der Waals surface area contributed by atoms with E-state index in [1.807, 2.05) is 0 Å². The maximum Gasteiger partial charge on any atom is 0.305 e. The summed E-state index contributed by atoms with van der Waals surface area (Å²) in [4.78, 5) is 23.9. The molecule has 2 N–H and O–H groups in total. The minimum atomic E-state index is -1.07. The van der Waals surface area contributed by atoms with Crippen LogP contribution >= 0.6 is 11.6 Å². The van der Waals surface area contributed by atoms with Crippen molar-refractivity contribution in [1.82, 2.24) is 15.1 Å². The van der Waals surface area contributed by atoms with E-state index in [-0.39, 0.29) is 17.1 Å². The Morgan fingerprint density at radius 3 is 2.54 bits per heavy atom. The van der Waals surface area contributed by atoms with Gasteiger partial charge in [0.1, 0.15) is 11.5 Å². The fourth-order valence-electron chi connectivity index (χ4n) is 2.47. The molecule has 26 heavy (non-hydrogen) atoms. The van der Waals surface area contributed by atoms with E-state index >= 15 is 0 Å². The zero-order chi connectivity index (χ0) is 19.4. The molecule has 0 aliphatic rings. The molecular weight excluding hydrogens is 362 g/mol. The van der Waals surface area contributed by atoms with Gasteiger partial charge in [0.15, 0.2) is 5.69 Å². The van der Waals surface area contributed by atoms with Gasteiger partial charge in [-0.15, -0.1) is 0 Å². The van der Waals surface area contributed by atoms with Gasteiger partial charge in [-0.25, -0.2) is 0 Å². The molecule has 1 unspecified atom stereocenters. The third-order valence-corrected chi connectivity index (χ3v) is 4.43. The molecule has 2 aromatic rings. The van der Waals surface area contributed by atoms with Crippen molar-refractivity contribution in [2.75, 3.05) is 14.2 Å². The monoisotopic (exact) mass is 381 g/mol. The number of nitrogens with one attached hydrogen (secondary N) is 1. The molecule has 2 rings (SSSR count). The highest BCUT2D eigenvalue weighted by Gasteiger charge is 2.25. The van der Waals surface area contributed by atoms with Crippen LogP contribution in [-0.2, 0) is 11.8 Å². The van der Waals surface area contributed by atoms with Crippen molar-refractivity contribution in [1.29, 1.82) is 0 Å². The fraction of sp³-hybridized carbons (Fsp3) is 0.353. The number of ether oxygens (including phenoxy) is 2. The van der Waals surface area contributed by atoms with Gasteiger partial charge < -0.3 is 19.9 Å². The number of aryl methyl sites for hydroxylation is 1. The van der Waals surface area contributed by atoms with E-state index in [0.717, 1.165) is 0 Å². The Balaban J connectivity index is 2.37. The number of carbonyl (C=O) groups is 2. The van der Waals surface area contributed by atoms with Gasteiger partial charge in [-0.3, -0.25) is 14.3 Å². The molecule has 0 radical (unpaired) electrons. The predicted molar refractivity (Wildman–Crippen MR) is 95.0 cm³/mol. The molecule has 1 heterocycles. The van der Waals surface area contributed by atoms with Gasteiger partial charge >= 0.3 is 5.97 Å². The summed E-state index contributed by atoms with van der Waals surface area (Å²) in [5, 5.41) is 16.2. The Bertz CT molecular complexity index is 834. The SMILES string of the molecule is COc1ccc(C(CC(=O)O)NC(=O)c2nn(C)c(C)c2Cl)c(OC)c1. The molecule has 9 heteroatoms. The highest BCUT2D eigenvalue weighted by molar-refractivity contribution is 6.34. The molecule has 0 fully saturated rings. The number of hydrogen-bond donors (Lipinski definition) is 2. The maximum atomic E-state index is 12.6. The van der Waals surface area contributed by atoms with Gasteiger partial charge in [-0.2, -0.15) is 5.10 Å². The van der Waals surface area contributed by atoms with Crippen LogP contribution in [0.3, 0.4) is 0 Å². The van der Waals surface area contributed by atoms with Crippen molar-refractivity contribution in [3.63, 3.8) is 0 Å². The molecule has 0 aliphatic carbocycles. The van der Waals surface area contributed by atoms with Crippen LogP contribution in [0.4, 0.5) is 0 Å². The summed E-state index contributed by atoms with van der Waals surface area (Å²) in [5.74, 6) is -0.687. The van der Waals surface area contributed by atoms with Crippen molar-refractivity contribution in [3.05, 3.63) is 40.2 Å². The molecule has 1 aromatic heterocycles. The first-order chi connectivity index (χ1) is 12.3. The molecule has 1 atom stereocenters. The van der Waals surface area contributed by atoms with E-state index in [4.69, 9.17) is 21.1 Å². The van der Waals surface area contributed by atoms with Crippen LogP contribution in [0.1, 0.15) is 34.2 Å². The number of aliphatic carboxylic acids is 1. The Morgan fingerprint density at radius 1 is 1.35 bits per heavy atom. The molecule has 1 aromatic carbocycles. The lowest BCUT2D eigenvalue weighted by atomic mass is 10.0. The predicted octanol–water partition coefficient (Wildman–Crippen LogP) is 2.34. The zero-order valence-electron chi connectivity index (χ0n) is 14.9. The summed E-state index contributed by atoms with van der Waals surface area (Å²) in [6.07, 6.45) is -0.335. The molecule has 0 aliphatic heterocycles. The van der Waals surface area contributed by atoms with Crippen molar-refractivity contribution in [3.8, 4) is 11.5 Å². The van der Waals surface area contributed by atoms with E-state index in [2.05, 4.69) is 10.4 Å². The molecule has 0 spiro atoms. The minimum Gasteiger partial charge on any atom is -0.497 e. The number of carboxylic acid groups (broad SMARTS) is 1. The number of methoxy groups -OCH3 is 2. The standard InChI is InChI=1S/C17H20ClN3O5/c1-9-15(18)16(20-21(9)2)17(24)19-12(8-14(22)23)11-6-5-10(25-3)7-13(11)26-4/h5-7,12H,8H2,1-4H3,(H,19,24)(H,22,23). The number of hydrogen-bond acceptors (Lipinski definition) is 5. The Morgan fingerprint density at radius 2 is 2.04 bits per heavy atom. The summed E-state index contributed by atoms with van der Waals surface area (Å²) < 4.78 is 11.9. The van der Waals surface area contributed by atoms with Crippen molar-refractivity contribution in [2.45, 2.75) is 19.4 Å². The van der Waals surface area contributed by atoms with Gasteiger partial charge in [0, 0.05) is 18.7 Å². The number of carboxylic acids is 1. The van der Waals surface area contributed by atoms with Gasteiger partial charge in [-0.05, 0) is 19.1 Å². The Hall–Kier alpha value is -2.74. The Labute approximate surface area is 155 Å². The molecule has 0 saturated heterocycles. The molecule has 140 valence electrons. The number of benzene rings is 1. The van der Waals surface area contributed by atoms with E-state index in [9.17, 15) is 14.7 Å². The third kappa shape index (κ3) is 4.08. The molecule has 0 saturated carbocycles. The van der Waals surface area contributed by atoms with Crippen molar-refractivity contribution in [2.24, 2.45) is 7.05 Å². The summed E-state index contributed by atoms with van der Waals surface area (Å²) in [5.41, 5.74) is 1.18. The second-order valence-corrected chi connectivity index (χ2v) is 5.98. The van der Waals surface area contributed by atoms with Gasteiger partial charge in [0.25, 0.3) is 5.91 Å². The van der Waals surface area contributed by atoms with Crippen LogP contribution in [0.15, 0.2) is 18.2 Å². The number of carbonyl (C=O) groups excluding carboxylic acids is 1. The van der Waals surface area contributed by atoms with E-state index in [1.165, 1.54) is 18.9 Å². The number of rotatable bonds is 7. The van der Waals surface area contributed by atoms with E-state index < -0.39 is 17.9 Å². The lowest BCUT2D eigenvalue weighted by Gasteiger charge is -2.20. The van der Waals surface area contributed by atoms with Crippen molar-refractivity contribution < 1.29 is 24.2 Å². The molecule has 8 nitrogen and oxygen atoms in total. The number of amides is 1. The lowest BCUT2D eigenvalue weighted by Crippen LogP contribution is -2.31. The first kappa shape index (κ1) is 19.6. The second-order valence-electron chi connectivity index (χ2n) is 5.60. The number of aromatic nitrogens is 2. The fourth-order valence-corrected chi connectivity index (χ4v) is 2.72. The molecule has 0 bridgehead atoms. The topological polar surface area (TPSA) is 103 Å². The van der Waals surface area contributed by atoms with Gasteiger partial charge in [-0.1, -0.05) is 11.6 Å². The third-order valence-electron chi connectivity index (χ3n) is 3.98. The minimum absolute atomic E-state index is 0.0366. The quantitative estimate of drug-likeness (QED) is 0.763. The average molecular weight is 382 g/mol. The average Bonchev–Trinajstić information content (AvgIpc) is 2.87. The van der Waals surface area contributed by atoms with Crippen LogP contribution in [0, 0.1) is 6.92 Å². The number of nitrogens with zero attached hydrogens (tertiary/aromatic N) is 2. The zero-order valence-corrected chi connectivity index (χ0v) is 15.6. The van der Waals surface area contributed by atoms with Gasteiger partial charge in [0.2, 0.25) is 0 Å².